The minimum atomic E-state index is -0.594. The molecule has 3 rings (SSSR count). The number of rotatable bonds is 7. The van der Waals surface area contributed by atoms with Gasteiger partial charge in [-0.2, -0.15) is 0 Å². The van der Waals surface area contributed by atoms with Crippen molar-refractivity contribution in [1.29, 1.82) is 0 Å². The van der Waals surface area contributed by atoms with Gasteiger partial charge in [0.05, 0.1) is 11.0 Å². The number of thiophene rings is 1. The molecule has 2 heterocycles. The van der Waals surface area contributed by atoms with Gasteiger partial charge < -0.3 is 15.7 Å². The summed E-state index contributed by atoms with van der Waals surface area (Å²) in [6.45, 7) is 4.83. The molecule has 1 aromatic carbocycles. The predicted octanol–water partition coefficient (Wildman–Crippen LogP) is 2.14. The fourth-order valence-electron chi connectivity index (χ4n) is 3.18. The summed E-state index contributed by atoms with van der Waals surface area (Å²) in [6, 6.07) is 11.1. The van der Waals surface area contributed by atoms with Crippen molar-refractivity contribution in [1.82, 2.24) is 15.5 Å². The molecule has 7 heteroatoms. The van der Waals surface area contributed by atoms with Gasteiger partial charge in [0, 0.05) is 26.2 Å². The molecular formula is C21H27N3O3S. The van der Waals surface area contributed by atoms with Gasteiger partial charge in [-0.3, -0.25) is 14.5 Å². The minimum Gasteiger partial charge on any atom is -0.393 e. The molecule has 1 atom stereocenters. The molecule has 2 amide bonds. The topological polar surface area (TPSA) is 81.7 Å². The van der Waals surface area contributed by atoms with Crippen molar-refractivity contribution in [3.05, 3.63) is 57.8 Å². The first-order chi connectivity index (χ1) is 13.5. The van der Waals surface area contributed by atoms with Gasteiger partial charge in [-0.05, 0) is 42.3 Å². The van der Waals surface area contributed by atoms with Crippen molar-refractivity contribution in [2.45, 2.75) is 45.0 Å². The molecule has 150 valence electrons. The Balaban J connectivity index is 1.42. The number of nitrogens with zero attached hydrogens (tertiary/aromatic N) is 1. The molecule has 1 aliphatic rings. The Morgan fingerprint density at radius 3 is 2.50 bits per heavy atom. The van der Waals surface area contributed by atoms with E-state index in [-0.39, 0.29) is 17.9 Å². The summed E-state index contributed by atoms with van der Waals surface area (Å²) in [7, 11) is 0. The van der Waals surface area contributed by atoms with Crippen LogP contribution in [0.1, 0.15) is 40.6 Å². The number of nitrogens with one attached hydrogen (secondary N) is 2. The van der Waals surface area contributed by atoms with Gasteiger partial charge >= 0.3 is 0 Å². The van der Waals surface area contributed by atoms with E-state index in [4.69, 9.17) is 0 Å². The van der Waals surface area contributed by atoms with Crippen molar-refractivity contribution in [2.24, 2.45) is 0 Å². The Bertz CT molecular complexity index is 769. The number of aliphatic hydroxyl groups is 1. The molecule has 28 heavy (non-hydrogen) atoms. The van der Waals surface area contributed by atoms with Gasteiger partial charge in [0.25, 0.3) is 5.91 Å². The molecule has 0 spiro atoms. The zero-order chi connectivity index (χ0) is 19.9. The minimum absolute atomic E-state index is 0.153. The predicted molar refractivity (Wildman–Crippen MR) is 110 cm³/mol. The van der Waals surface area contributed by atoms with Crippen LogP contribution in [0, 0.1) is 0 Å². The highest BCUT2D eigenvalue weighted by atomic mass is 32.1. The molecular weight excluding hydrogens is 374 g/mol. The van der Waals surface area contributed by atoms with E-state index < -0.39 is 6.04 Å². The Hall–Kier alpha value is -2.22. The number of carbonyl (C=O) groups is 2. The maximum absolute atomic E-state index is 12.2. The normalized spacial score (nSPS) is 16.5. The van der Waals surface area contributed by atoms with Crippen LogP contribution in [-0.4, -0.2) is 47.1 Å². The van der Waals surface area contributed by atoms with Crippen LogP contribution in [0.2, 0.25) is 0 Å². The third kappa shape index (κ3) is 5.89. The molecule has 0 saturated carbocycles. The van der Waals surface area contributed by atoms with Gasteiger partial charge in [-0.1, -0.05) is 30.3 Å². The van der Waals surface area contributed by atoms with E-state index in [1.807, 2.05) is 23.6 Å². The van der Waals surface area contributed by atoms with E-state index in [1.54, 1.807) is 13.0 Å². The Morgan fingerprint density at radius 1 is 1.18 bits per heavy atom. The zero-order valence-electron chi connectivity index (χ0n) is 16.1. The second kappa shape index (κ2) is 9.82. The molecule has 6 nitrogen and oxygen atoms in total. The number of aliphatic hydroxyl groups excluding tert-OH is 1. The Morgan fingerprint density at radius 2 is 1.86 bits per heavy atom. The van der Waals surface area contributed by atoms with E-state index in [0.717, 1.165) is 38.0 Å². The van der Waals surface area contributed by atoms with Gasteiger partial charge in [-0.25, -0.2) is 0 Å². The Labute approximate surface area is 169 Å². The number of hydrogen-bond donors (Lipinski definition) is 3. The first-order valence-electron chi connectivity index (χ1n) is 9.61. The fraction of sp³-hybridized carbons (Fsp3) is 0.429. The van der Waals surface area contributed by atoms with Crippen LogP contribution in [-0.2, 0) is 17.9 Å². The van der Waals surface area contributed by atoms with Gasteiger partial charge in [-0.15, -0.1) is 11.3 Å². The summed E-state index contributed by atoms with van der Waals surface area (Å²) in [5.74, 6) is -0.437. The number of hydrogen-bond acceptors (Lipinski definition) is 5. The van der Waals surface area contributed by atoms with Crippen molar-refractivity contribution in [3.63, 3.8) is 0 Å². The third-order valence-electron chi connectivity index (χ3n) is 4.94. The van der Waals surface area contributed by atoms with Gasteiger partial charge in [0.1, 0.15) is 6.04 Å². The summed E-state index contributed by atoms with van der Waals surface area (Å²) >= 11 is 1.35. The maximum Gasteiger partial charge on any atom is 0.261 e. The summed E-state index contributed by atoms with van der Waals surface area (Å²) in [6.07, 6.45) is 1.52. The smallest absolute Gasteiger partial charge is 0.261 e. The van der Waals surface area contributed by atoms with Crippen molar-refractivity contribution in [2.75, 3.05) is 13.1 Å². The summed E-state index contributed by atoms with van der Waals surface area (Å²) in [5.41, 5.74) is 2.24. The maximum atomic E-state index is 12.2. The lowest BCUT2D eigenvalue weighted by Crippen LogP contribution is -2.44. The largest absolute Gasteiger partial charge is 0.393 e. The average Bonchev–Trinajstić information content (AvgIpc) is 3.24. The van der Waals surface area contributed by atoms with Crippen LogP contribution in [0.15, 0.2) is 41.8 Å². The molecule has 1 aliphatic heterocycles. The number of carbonyl (C=O) groups excluding carboxylic acids is 2. The van der Waals surface area contributed by atoms with Crippen molar-refractivity contribution in [3.8, 4) is 0 Å². The van der Waals surface area contributed by atoms with E-state index in [2.05, 4.69) is 27.7 Å². The molecule has 1 aromatic heterocycles. The second-order valence-corrected chi connectivity index (χ2v) is 8.16. The fourth-order valence-corrected chi connectivity index (χ4v) is 3.81. The molecule has 1 fully saturated rings. The zero-order valence-corrected chi connectivity index (χ0v) is 16.9. The standard InChI is InChI=1S/C21H27N3O3S/c1-15(23-21(27)19-3-2-12-28-19)20(26)22-13-16-4-6-17(7-5-16)14-24-10-8-18(25)9-11-24/h2-7,12,15,18,25H,8-11,13-14H2,1H3,(H,22,26)(H,23,27). The average molecular weight is 402 g/mol. The molecule has 1 saturated heterocycles. The summed E-state index contributed by atoms with van der Waals surface area (Å²) in [4.78, 5) is 27.2. The molecule has 3 N–H and O–H groups in total. The lowest BCUT2D eigenvalue weighted by Gasteiger charge is -2.29. The molecule has 0 bridgehead atoms. The second-order valence-electron chi connectivity index (χ2n) is 7.21. The van der Waals surface area contributed by atoms with Gasteiger partial charge in [0.2, 0.25) is 5.91 Å². The van der Waals surface area contributed by atoms with E-state index >= 15 is 0 Å². The lowest BCUT2D eigenvalue weighted by molar-refractivity contribution is -0.122. The van der Waals surface area contributed by atoms with Crippen LogP contribution in [0.5, 0.6) is 0 Å². The SMILES string of the molecule is CC(NC(=O)c1cccs1)C(=O)NCc1ccc(CN2CCC(O)CC2)cc1. The molecule has 0 radical (unpaired) electrons. The number of piperidine rings is 1. The number of benzene rings is 1. The van der Waals surface area contributed by atoms with E-state index in [9.17, 15) is 14.7 Å². The van der Waals surface area contributed by atoms with Gasteiger partial charge in [0.15, 0.2) is 0 Å². The molecule has 1 unspecified atom stereocenters. The number of likely N-dealkylation sites (tertiary alicyclic amines) is 1. The third-order valence-corrected chi connectivity index (χ3v) is 5.81. The van der Waals surface area contributed by atoms with E-state index in [1.165, 1.54) is 16.9 Å². The van der Waals surface area contributed by atoms with Crippen LogP contribution in [0.25, 0.3) is 0 Å². The monoisotopic (exact) mass is 401 g/mol. The highest BCUT2D eigenvalue weighted by Crippen LogP contribution is 2.14. The Kier molecular flexibility index (Phi) is 7.19. The first-order valence-corrected chi connectivity index (χ1v) is 10.5. The van der Waals surface area contributed by atoms with Crippen molar-refractivity contribution >= 4 is 23.2 Å². The highest BCUT2D eigenvalue weighted by molar-refractivity contribution is 7.12. The van der Waals surface area contributed by atoms with Crippen LogP contribution in [0.4, 0.5) is 0 Å². The van der Waals surface area contributed by atoms with Crippen LogP contribution in [0.3, 0.4) is 0 Å². The molecule has 2 aromatic rings. The quantitative estimate of drug-likeness (QED) is 0.664. The number of amides is 2. The van der Waals surface area contributed by atoms with Crippen LogP contribution < -0.4 is 10.6 Å². The van der Waals surface area contributed by atoms with Crippen molar-refractivity contribution < 1.29 is 14.7 Å². The first kappa shape index (κ1) is 20.5. The summed E-state index contributed by atoms with van der Waals surface area (Å²) < 4.78 is 0. The highest BCUT2D eigenvalue weighted by Gasteiger charge is 2.18. The van der Waals surface area contributed by atoms with E-state index in [0.29, 0.717) is 11.4 Å². The summed E-state index contributed by atoms with van der Waals surface area (Å²) in [5, 5.41) is 17.0. The van der Waals surface area contributed by atoms with Crippen LogP contribution >= 0.6 is 11.3 Å². The lowest BCUT2D eigenvalue weighted by atomic mass is 10.1. The molecule has 0 aliphatic carbocycles.